The summed E-state index contributed by atoms with van der Waals surface area (Å²) < 4.78 is 5.25. The third-order valence-electron chi connectivity index (χ3n) is 3.51. The van der Waals surface area contributed by atoms with Gasteiger partial charge in [0.05, 0.1) is 6.61 Å². The van der Waals surface area contributed by atoms with E-state index in [1.54, 1.807) is 6.33 Å². The van der Waals surface area contributed by atoms with E-state index < -0.39 is 5.60 Å². The molecule has 2 heterocycles. The van der Waals surface area contributed by atoms with Gasteiger partial charge >= 0.3 is 0 Å². The number of hydrogen-bond donors (Lipinski definition) is 3. The standard InChI is InChI=1S/C14H24N4O2/c1-3-6-15-12-11(4-2)13(18-10-17-12)16-8-14(19)5-7-20-9-14/h10,19H,3-9H2,1-2H3,(H2,15,16,17,18). The smallest absolute Gasteiger partial charge is 0.134 e. The molecule has 6 heteroatoms. The van der Waals surface area contributed by atoms with Gasteiger partial charge in [0, 0.05) is 31.7 Å². The molecular weight excluding hydrogens is 256 g/mol. The van der Waals surface area contributed by atoms with Gasteiger partial charge in [0.25, 0.3) is 0 Å². The Balaban J connectivity index is 2.06. The highest BCUT2D eigenvalue weighted by molar-refractivity contribution is 5.57. The Labute approximate surface area is 120 Å². The van der Waals surface area contributed by atoms with Crippen LogP contribution in [0.2, 0.25) is 0 Å². The van der Waals surface area contributed by atoms with Gasteiger partial charge in [-0.3, -0.25) is 0 Å². The number of anilines is 2. The van der Waals surface area contributed by atoms with E-state index in [0.717, 1.165) is 36.6 Å². The van der Waals surface area contributed by atoms with Gasteiger partial charge in [0.1, 0.15) is 23.6 Å². The number of ether oxygens (including phenoxy) is 1. The van der Waals surface area contributed by atoms with E-state index in [2.05, 4.69) is 34.4 Å². The maximum absolute atomic E-state index is 10.3. The van der Waals surface area contributed by atoms with Gasteiger partial charge in [-0.05, 0) is 12.8 Å². The highest BCUT2D eigenvalue weighted by Gasteiger charge is 2.32. The first-order valence-corrected chi connectivity index (χ1v) is 7.30. The first-order valence-electron chi connectivity index (χ1n) is 7.30. The third kappa shape index (κ3) is 3.58. The lowest BCUT2D eigenvalue weighted by Crippen LogP contribution is -2.37. The summed E-state index contributed by atoms with van der Waals surface area (Å²) in [4.78, 5) is 8.59. The quantitative estimate of drug-likeness (QED) is 0.701. The van der Waals surface area contributed by atoms with Crippen molar-refractivity contribution in [1.29, 1.82) is 0 Å². The molecule has 1 aliphatic rings. The van der Waals surface area contributed by atoms with Gasteiger partial charge in [0.15, 0.2) is 0 Å². The highest BCUT2D eigenvalue weighted by atomic mass is 16.5. The minimum absolute atomic E-state index is 0.382. The van der Waals surface area contributed by atoms with E-state index in [0.29, 0.717) is 26.2 Å². The summed E-state index contributed by atoms with van der Waals surface area (Å²) in [6, 6.07) is 0. The Morgan fingerprint density at radius 2 is 2.05 bits per heavy atom. The lowest BCUT2D eigenvalue weighted by atomic mass is 10.0. The predicted octanol–water partition coefficient (Wildman–Crippen LogP) is 1.42. The van der Waals surface area contributed by atoms with E-state index in [4.69, 9.17) is 4.74 Å². The molecule has 6 nitrogen and oxygen atoms in total. The molecule has 0 spiro atoms. The molecule has 1 unspecified atom stereocenters. The van der Waals surface area contributed by atoms with E-state index in [1.165, 1.54) is 0 Å². The summed E-state index contributed by atoms with van der Waals surface area (Å²) in [6.45, 7) is 6.54. The van der Waals surface area contributed by atoms with Crippen molar-refractivity contribution in [2.75, 3.05) is 36.9 Å². The van der Waals surface area contributed by atoms with Crippen LogP contribution >= 0.6 is 0 Å². The summed E-state index contributed by atoms with van der Waals surface area (Å²) >= 11 is 0. The summed E-state index contributed by atoms with van der Waals surface area (Å²) in [5, 5.41) is 16.8. The molecule has 1 aromatic rings. The van der Waals surface area contributed by atoms with Gasteiger partial charge in [-0.15, -0.1) is 0 Å². The van der Waals surface area contributed by atoms with E-state index >= 15 is 0 Å². The van der Waals surface area contributed by atoms with Gasteiger partial charge in [0.2, 0.25) is 0 Å². The number of nitrogens with one attached hydrogen (secondary N) is 2. The zero-order valence-electron chi connectivity index (χ0n) is 12.3. The first kappa shape index (κ1) is 15.0. The lowest BCUT2D eigenvalue weighted by molar-refractivity contribution is 0.0381. The summed E-state index contributed by atoms with van der Waals surface area (Å²) in [7, 11) is 0. The molecule has 20 heavy (non-hydrogen) atoms. The van der Waals surface area contributed by atoms with Crippen LogP contribution < -0.4 is 10.6 Å². The first-order chi connectivity index (χ1) is 9.68. The predicted molar refractivity (Wildman–Crippen MR) is 79.1 cm³/mol. The van der Waals surface area contributed by atoms with Crippen LogP contribution in [0.15, 0.2) is 6.33 Å². The monoisotopic (exact) mass is 280 g/mol. The fourth-order valence-corrected chi connectivity index (χ4v) is 2.28. The van der Waals surface area contributed by atoms with Crippen molar-refractivity contribution < 1.29 is 9.84 Å². The Morgan fingerprint density at radius 1 is 1.30 bits per heavy atom. The molecule has 3 N–H and O–H groups in total. The molecule has 0 saturated carbocycles. The van der Waals surface area contributed by atoms with E-state index in [1.807, 2.05) is 0 Å². The number of nitrogens with zero attached hydrogens (tertiary/aromatic N) is 2. The molecule has 0 amide bonds. The summed E-state index contributed by atoms with van der Waals surface area (Å²) in [5.41, 5.74) is 0.274. The second-order valence-electron chi connectivity index (χ2n) is 5.21. The topological polar surface area (TPSA) is 79.3 Å². The molecule has 0 bridgehead atoms. The summed E-state index contributed by atoms with van der Waals surface area (Å²) in [6.07, 6.45) is 4.10. The molecular formula is C14H24N4O2. The Morgan fingerprint density at radius 3 is 2.65 bits per heavy atom. The Kier molecular flexibility index (Phi) is 5.14. The highest BCUT2D eigenvalue weighted by Crippen LogP contribution is 2.23. The molecule has 1 fully saturated rings. The van der Waals surface area contributed by atoms with Gasteiger partial charge in [-0.2, -0.15) is 0 Å². The number of aromatic nitrogens is 2. The van der Waals surface area contributed by atoms with Crippen molar-refractivity contribution in [2.24, 2.45) is 0 Å². The van der Waals surface area contributed by atoms with Crippen LogP contribution in [0.1, 0.15) is 32.3 Å². The molecule has 1 atom stereocenters. The van der Waals surface area contributed by atoms with Gasteiger partial charge in [-0.25, -0.2) is 9.97 Å². The summed E-state index contributed by atoms with van der Waals surface area (Å²) in [5.74, 6) is 1.67. The third-order valence-corrected chi connectivity index (χ3v) is 3.51. The van der Waals surface area contributed by atoms with Gasteiger partial charge < -0.3 is 20.5 Å². The van der Waals surface area contributed by atoms with Crippen LogP contribution in [-0.4, -0.2) is 47.0 Å². The van der Waals surface area contributed by atoms with Crippen LogP contribution in [-0.2, 0) is 11.2 Å². The van der Waals surface area contributed by atoms with Crippen LogP contribution in [0, 0.1) is 0 Å². The molecule has 1 saturated heterocycles. The van der Waals surface area contributed by atoms with E-state index in [-0.39, 0.29) is 0 Å². The molecule has 0 aromatic carbocycles. The van der Waals surface area contributed by atoms with E-state index in [9.17, 15) is 5.11 Å². The fourth-order valence-electron chi connectivity index (χ4n) is 2.28. The van der Waals surface area contributed by atoms with Crippen LogP contribution in [0.3, 0.4) is 0 Å². The zero-order valence-corrected chi connectivity index (χ0v) is 12.3. The maximum atomic E-state index is 10.3. The Bertz CT molecular complexity index is 433. The fraction of sp³-hybridized carbons (Fsp3) is 0.714. The lowest BCUT2D eigenvalue weighted by Gasteiger charge is -2.22. The van der Waals surface area contributed by atoms with Crippen molar-refractivity contribution in [2.45, 2.75) is 38.7 Å². The van der Waals surface area contributed by atoms with Crippen molar-refractivity contribution in [3.05, 3.63) is 11.9 Å². The van der Waals surface area contributed by atoms with Crippen molar-refractivity contribution in [3.8, 4) is 0 Å². The average molecular weight is 280 g/mol. The zero-order chi connectivity index (χ0) is 14.4. The van der Waals surface area contributed by atoms with Crippen LogP contribution in [0.4, 0.5) is 11.6 Å². The van der Waals surface area contributed by atoms with Crippen molar-refractivity contribution in [3.63, 3.8) is 0 Å². The molecule has 0 aliphatic carbocycles. The minimum atomic E-state index is -0.785. The maximum Gasteiger partial charge on any atom is 0.134 e. The molecule has 112 valence electrons. The number of rotatable bonds is 7. The van der Waals surface area contributed by atoms with Crippen molar-refractivity contribution >= 4 is 11.6 Å². The molecule has 2 rings (SSSR count). The minimum Gasteiger partial charge on any atom is -0.386 e. The van der Waals surface area contributed by atoms with Gasteiger partial charge in [-0.1, -0.05) is 13.8 Å². The average Bonchev–Trinajstić information content (AvgIpc) is 2.90. The second kappa shape index (κ2) is 6.85. The molecule has 1 aromatic heterocycles. The van der Waals surface area contributed by atoms with Crippen LogP contribution in [0.5, 0.6) is 0 Å². The normalized spacial score (nSPS) is 21.9. The SMILES string of the molecule is CCCNc1ncnc(NCC2(O)CCOC2)c1CC. The largest absolute Gasteiger partial charge is 0.386 e. The second-order valence-corrected chi connectivity index (χ2v) is 5.21. The number of aliphatic hydroxyl groups is 1. The Hall–Kier alpha value is -1.40. The molecule has 0 radical (unpaired) electrons. The number of hydrogen-bond acceptors (Lipinski definition) is 6. The molecule has 1 aliphatic heterocycles. The van der Waals surface area contributed by atoms with Crippen LogP contribution in [0.25, 0.3) is 0 Å². The van der Waals surface area contributed by atoms with Crippen molar-refractivity contribution in [1.82, 2.24) is 9.97 Å².